The highest BCUT2D eigenvalue weighted by Gasteiger charge is 2.49. The molecule has 0 saturated carbocycles. The van der Waals surface area contributed by atoms with Crippen LogP contribution in [0.15, 0.2) is 12.5 Å². The maximum Gasteiger partial charge on any atom is 0.451 e. The molecule has 2 atom stereocenters. The molecule has 0 amide bonds. The van der Waals surface area contributed by atoms with Gasteiger partial charge in [0, 0.05) is 37.4 Å². The van der Waals surface area contributed by atoms with Gasteiger partial charge < -0.3 is 25.9 Å². The van der Waals surface area contributed by atoms with Gasteiger partial charge in [0.15, 0.2) is 0 Å². The van der Waals surface area contributed by atoms with Crippen molar-refractivity contribution in [3.05, 3.63) is 18.2 Å². The summed E-state index contributed by atoms with van der Waals surface area (Å²) in [6.07, 6.45) is 4.60. The second kappa shape index (κ2) is 6.57. The van der Waals surface area contributed by atoms with Crippen LogP contribution in [0.1, 0.15) is 18.5 Å². The van der Waals surface area contributed by atoms with Gasteiger partial charge in [-0.1, -0.05) is 6.42 Å². The topological polar surface area (TPSA) is 136 Å². The maximum atomic E-state index is 11.5. The second-order valence-corrected chi connectivity index (χ2v) is 5.70. The summed E-state index contributed by atoms with van der Waals surface area (Å²) in [5, 5.41) is 27.2. The van der Waals surface area contributed by atoms with Crippen molar-refractivity contribution in [1.82, 2.24) is 14.9 Å². The lowest BCUT2D eigenvalue weighted by molar-refractivity contribution is -0.144. The summed E-state index contributed by atoms with van der Waals surface area (Å²) in [6, 6.07) is 0. The number of rotatable bonds is 7. The summed E-state index contributed by atoms with van der Waals surface area (Å²) in [7, 11) is -1.36. The number of nitrogens with two attached hydrogens (primary N) is 1. The smallest absolute Gasteiger partial charge is 0.451 e. The molecule has 0 unspecified atom stereocenters. The van der Waals surface area contributed by atoms with E-state index in [9.17, 15) is 9.90 Å². The molecule has 0 aliphatic carbocycles. The molecule has 21 heavy (non-hydrogen) atoms. The van der Waals surface area contributed by atoms with Crippen LogP contribution >= 0.6 is 0 Å². The molecule has 1 aromatic heterocycles. The van der Waals surface area contributed by atoms with E-state index in [1.165, 1.54) is 0 Å². The Morgan fingerprint density at radius 1 is 1.62 bits per heavy atom. The summed E-state index contributed by atoms with van der Waals surface area (Å²) < 4.78 is 0. The van der Waals surface area contributed by atoms with Crippen LogP contribution < -0.4 is 5.73 Å². The number of hydrogen-bond donors (Lipinski definition) is 5. The van der Waals surface area contributed by atoms with Crippen molar-refractivity contribution in [3.63, 3.8) is 0 Å². The van der Waals surface area contributed by atoms with Gasteiger partial charge in [0.2, 0.25) is 0 Å². The van der Waals surface area contributed by atoms with Crippen molar-refractivity contribution >= 4 is 13.1 Å². The standard InChI is InChI=1S/C12H21BN4O4/c14-12(11(18)19)7-17(6-10-4-15-8-16-10)5-9(12)2-1-3-13(20)21/h4,8-9,20-21H,1-3,5-7,14H2,(H,15,16)(H,18,19)/t9-,12-/m0/s1. The Morgan fingerprint density at radius 2 is 2.38 bits per heavy atom. The maximum absolute atomic E-state index is 11.5. The molecule has 9 heteroatoms. The quantitative estimate of drug-likeness (QED) is 0.402. The molecule has 8 nitrogen and oxygen atoms in total. The summed E-state index contributed by atoms with van der Waals surface area (Å²) in [4.78, 5) is 20.4. The average Bonchev–Trinajstić information content (AvgIpc) is 2.99. The Labute approximate surface area is 123 Å². The minimum Gasteiger partial charge on any atom is -0.480 e. The fourth-order valence-electron chi connectivity index (χ4n) is 2.91. The number of carboxylic acids is 1. The molecule has 116 valence electrons. The molecule has 0 aromatic carbocycles. The van der Waals surface area contributed by atoms with Gasteiger partial charge in [-0.15, -0.1) is 0 Å². The van der Waals surface area contributed by atoms with Gasteiger partial charge >= 0.3 is 13.1 Å². The molecule has 1 fully saturated rings. The van der Waals surface area contributed by atoms with Crippen LogP contribution in [0, 0.1) is 5.92 Å². The Hall–Kier alpha value is -1.42. The van der Waals surface area contributed by atoms with Gasteiger partial charge in [-0.05, 0) is 12.7 Å². The SMILES string of the molecule is N[C@@]1(C(=O)O)CN(Cc2cnc[nH]2)C[C@@H]1CCCB(O)O. The molecular weight excluding hydrogens is 275 g/mol. The number of aliphatic carboxylic acids is 1. The van der Waals surface area contributed by atoms with Crippen molar-refractivity contribution < 1.29 is 19.9 Å². The molecule has 6 N–H and O–H groups in total. The van der Waals surface area contributed by atoms with Crippen molar-refractivity contribution in [1.29, 1.82) is 0 Å². The lowest BCUT2D eigenvalue weighted by atomic mass is 9.78. The van der Waals surface area contributed by atoms with Crippen molar-refractivity contribution in [2.45, 2.75) is 31.2 Å². The van der Waals surface area contributed by atoms with Gasteiger partial charge in [-0.2, -0.15) is 0 Å². The predicted octanol–water partition coefficient (Wildman–Crippen LogP) is -1.12. The average molecular weight is 296 g/mol. The molecule has 1 aliphatic heterocycles. The summed E-state index contributed by atoms with van der Waals surface area (Å²) in [6.45, 7) is 1.42. The number of nitrogens with one attached hydrogen (secondary N) is 1. The van der Waals surface area contributed by atoms with Crippen LogP contribution in [-0.4, -0.2) is 61.7 Å². The molecule has 0 radical (unpaired) electrons. The number of imidazole rings is 1. The lowest BCUT2D eigenvalue weighted by Crippen LogP contribution is -2.54. The predicted molar refractivity (Wildman–Crippen MR) is 76.1 cm³/mol. The normalized spacial score (nSPS) is 26.1. The van der Waals surface area contributed by atoms with E-state index in [0.717, 1.165) is 5.69 Å². The number of carboxylic acid groups (broad SMARTS) is 1. The molecule has 2 rings (SSSR count). The van der Waals surface area contributed by atoms with Crippen LogP contribution in [0.5, 0.6) is 0 Å². The Morgan fingerprint density at radius 3 is 2.95 bits per heavy atom. The second-order valence-electron chi connectivity index (χ2n) is 5.70. The third kappa shape index (κ3) is 3.82. The Balaban J connectivity index is 1.98. The van der Waals surface area contributed by atoms with Crippen molar-refractivity contribution in [2.24, 2.45) is 11.7 Å². The number of likely N-dealkylation sites (tertiary alicyclic amines) is 1. The van der Waals surface area contributed by atoms with E-state index in [1.54, 1.807) is 12.5 Å². The number of carbonyl (C=O) groups is 1. The molecule has 0 bridgehead atoms. The molecule has 1 saturated heterocycles. The van der Waals surface area contributed by atoms with E-state index in [1.807, 2.05) is 4.90 Å². The van der Waals surface area contributed by atoms with Gasteiger partial charge in [0.1, 0.15) is 5.54 Å². The first-order chi connectivity index (χ1) is 9.91. The van der Waals surface area contributed by atoms with Crippen LogP contribution in [0.3, 0.4) is 0 Å². The van der Waals surface area contributed by atoms with Crippen LogP contribution in [0.25, 0.3) is 0 Å². The first-order valence-corrected chi connectivity index (χ1v) is 7.00. The fraction of sp³-hybridized carbons (Fsp3) is 0.667. The Bertz CT molecular complexity index is 470. The number of aromatic amines is 1. The van der Waals surface area contributed by atoms with Gasteiger partial charge in [-0.25, -0.2) is 4.98 Å². The molecular formula is C12H21BN4O4. The van der Waals surface area contributed by atoms with Crippen molar-refractivity contribution in [3.8, 4) is 0 Å². The highest BCUT2D eigenvalue weighted by Crippen LogP contribution is 2.31. The van der Waals surface area contributed by atoms with E-state index < -0.39 is 18.6 Å². The molecule has 1 aromatic rings. The number of hydrogen-bond acceptors (Lipinski definition) is 6. The highest BCUT2D eigenvalue weighted by atomic mass is 16.4. The zero-order valence-corrected chi connectivity index (χ0v) is 11.8. The molecule has 0 spiro atoms. The summed E-state index contributed by atoms with van der Waals surface area (Å²) in [5.74, 6) is -1.22. The van der Waals surface area contributed by atoms with E-state index in [2.05, 4.69) is 9.97 Å². The van der Waals surface area contributed by atoms with Crippen LogP contribution in [0.2, 0.25) is 6.32 Å². The first kappa shape index (κ1) is 16.0. The van der Waals surface area contributed by atoms with E-state index in [4.69, 9.17) is 15.8 Å². The van der Waals surface area contributed by atoms with E-state index in [0.29, 0.717) is 25.9 Å². The molecule has 2 heterocycles. The fourth-order valence-corrected chi connectivity index (χ4v) is 2.91. The summed E-state index contributed by atoms with van der Waals surface area (Å²) in [5.41, 5.74) is 5.71. The van der Waals surface area contributed by atoms with E-state index in [-0.39, 0.29) is 18.8 Å². The van der Waals surface area contributed by atoms with Crippen LogP contribution in [-0.2, 0) is 11.3 Å². The number of nitrogens with zero attached hydrogens (tertiary/aromatic N) is 2. The minimum absolute atomic E-state index is 0.211. The third-order valence-corrected chi connectivity index (χ3v) is 4.05. The van der Waals surface area contributed by atoms with Gasteiger partial charge in [-0.3, -0.25) is 9.69 Å². The highest BCUT2D eigenvalue weighted by molar-refractivity contribution is 6.40. The van der Waals surface area contributed by atoms with E-state index >= 15 is 0 Å². The minimum atomic E-state index is -1.36. The van der Waals surface area contributed by atoms with Gasteiger partial charge in [0.05, 0.1) is 6.33 Å². The van der Waals surface area contributed by atoms with Gasteiger partial charge in [0.25, 0.3) is 0 Å². The number of H-pyrrole nitrogens is 1. The molecule has 1 aliphatic rings. The first-order valence-electron chi connectivity index (χ1n) is 7.00. The summed E-state index contributed by atoms with van der Waals surface area (Å²) >= 11 is 0. The number of aromatic nitrogens is 2. The zero-order valence-electron chi connectivity index (χ0n) is 11.8. The van der Waals surface area contributed by atoms with Crippen LogP contribution in [0.4, 0.5) is 0 Å². The zero-order chi connectivity index (χ0) is 15.5. The lowest BCUT2D eigenvalue weighted by Gasteiger charge is -2.25. The Kier molecular flexibility index (Phi) is 4.99. The monoisotopic (exact) mass is 296 g/mol. The third-order valence-electron chi connectivity index (χ3n) is 4.05. The van der Waals surface area contributed by atoms with Crippen molar-refractivity contribution in [2.75, 3.05) is 13.1 Å². The largest absolute Gasteiger partial charge is 0.480 e.